The predicted octanol–water partition coefficient (Wildman–Crippen LogP) is 3.44. The molecule has 0 aliphatic carbocycles. The molecule has 29 heavy (non-hydrogen) atoms. The highest BCUT2D eigenvalue weighted by molar-refractivity contribution is 5.89. The molecule has 0 aliphatic heterocycles. The van der Waals surface area contributed by atoms with Crippen LogP contribution in [0.25, 0.3) is 0 Å². The minimum absolute atomic E-state index is 0.000992. The quantitative estimate of drug-likeness (QED) is 0.567. The minimum Gasteiger partial charge on any atom is -0.478 e. The lowest BCUT2D eigenvalue weighted by Gasteiger charge is -2.20. The Kier molecular flexibility index (Phi) is 7.13. The zero-order valence-corrected chi connectivity index (χ0v) is 15.6. The second kappa shape index (κ2) is 9.34. The molecule has 2 aromatic rings. The van der Waals surface area contributed by atoms with E-state index in [0.717, 1.165) is 0 Å². The van der Waals surface area contributed by atoms with Crippen LogP contribution in [0.3, 0.4) is 0 Å². The first-order valence-electron chi connectivity index (χ1n) is 8.56. The molecule has 0 spiro atoms. The number of nitrogens with zero attached hydrogens (tertiary/aromatic N) is 4. The Labute approximate surface area is 163 Å². The van der Waals surface area contributed by atoms with Crippen molar-refractivity contribution in [1.29, 1.82) is 0 Å². The van der Waals surface area contributed by atoms with Gasteiger partial charge >= 0.3 is 24.3 Å². The average Bonchev–Trinajstić information content (AvgIpc) is 2.67. The van der Waals surface area contributed by atoms with E-state index in [1.54, 1.807) is 11.0 Å². The molecule has 0 fully saturated rings. The molecule has 1 aromatic heterocycles. The van der Waals surface area contributed by atoms with Crippen LogP contribution in [-0.2, 0) is 0 Å². The number of carboxylic acids is 1. The van der Waals surface area contributed by atoms with Gasteiger partial charge in [-0.15, -0.1) is 0 Å². The maximum atomic E-state index is 13.2. The molecular weight excluding hydrogens is 398 g/mol. The van der Waals surface area contributed by atoms with Gasteiger partial charge in [0.25, 0.3) is 0 Å². The number of rotatable bonds is 10. The van der Waals surface area contributed by atoms with Gasteiger partial charge in [-0.3, -0.25) is 0 Å². The normalized spacial score (nSPS) is 11.4. The van der Waals surface area contributed by atoms with Crippen LogP contribution in [0.2, 0.25) is 0 Å². The minimum atomic E-state index is -4.37. The lowest BCUT2D eigenvalue weighted by atomic mass is 10.2. The molecule has 1 heterocycles. The van der Waals surface area contributed by atoms with Crippen molar-refractivity contribution in [1.82, 2.24) is 15.0 Å². The highest BCUT2D eigenvalue weighted by Gasteiger charge is 2.42. The van der Waals surface area contributed by atoms with Crippen LogP contribution in [0.5, 0.6) is 6.01 Å². The Morgan fingerprint density at radius 1 is 1.24 bits per heavy atom. The van der Waals surface area contributed by atoms with Crippen molar-refractivity contribution < 1.29 is 32.2 Å². The molecule has 2 N–H and O–H groups in total. The molecule has 12 heteroatoms. The van der Waals surface area contributed by atoms with Crippen molar-refractivity contribution in [2.45, 2.75) is 26.2 Å². The van der Waals surface area contributed by atoms with Gasteiger partial charge in [-0.2, -0.15) is 23.7 Å². The van der Waals surface area contributed by atoms with Gasteiger partial charge in [0.2, 0.25) is 11.9 Å². The second-order valence-corrected chi connectivity index (χ2v) is 5.78. The summed E-state index contributed by atoms with van der Waals surface area (Å²) in [6, 6.07) is 5.15. The molecule has 2 rings (SSSR count). The number of carbonyl (C=O) groups is 1. The van der Waals surface area contributed by atoms with E-state index in [4.69, 9.17) is 9.84 Å². The first kappa shape index (κ1) is 22.1. The number of anilines is 3. The van der Waals surface area contributed by atoms with E-state index in [-0.39, 0.29) is 17.5 Å². The van der Waals surface area contributed by atoms with Crippen molar-refractivity contribution in [3.8, 4) is 6.01 Å². The van der Waals surface area contributed by atoms with Gasteiger partial charge in [0, 0.05) is 18.8 Å². The van der Waals surface area contributed by atoms with E-state index in [9.17, 15) is 22.4 Å². The maximum Gasteiger partial charge on any atom is 0.340 e. The molecule has 158 valence electrons. The summed E-state index contributed by atoms with van der Waals surface area (Å²) in [5.74, 6) is -5.56. The predicted molar refractivity (Wildman–Crippen MR) is 96.5 cm³/mol. The number of nitrogens with one attached hydrogen (secondary N) is 1. The van der Waals surface area contributed by atoms with Gasteiger partial charge in [0.1, 0.15) is 0 Å². The number of aromatic carboxylic acids is 1. The summed E-state index contributed by atoms with van der Waals surface area (Å²) in [5.41, 5.74) is 0.312. The van der Waals surface area contributed by atoms with Gasteiger partial charge in [0.15, 0.2) is 6.61 Å². The van der Waals surface area contributed by atoms with Crippen LogP contribution >= 0.6 is 0 Å². The zero-order valence-electron chi connectivity index (χ0n) is 15.6. The smallest absolute Gasteiger partial charge is 0.340 e. The third kappa shape index (κ3) is 5.90. The first-order valence-corrected chi connectivity index (χ1v) is 8.56. The Morgan fingerprint density at radius 2 is 1.93 bits per heavy atom. The number of carboxylic acid groups (broad SMARTS) is 1. The van der Waals surface area contributed by atoms with Crippen LogP contribution in [-0.4, -0.2) is 58.1 Å². The topological polar surface area (TPSA) is 100 Å². The molecular formula is C17H19F4N5O3. The number of benzene rings is 1. The van der Waals surface area contributed by atoms with E-state index >= 15 is 0 Å². The van der Waals surface area contributed by atoms with Crippen LogP contribution in [0, 0.1) is 0 Å². The Bertz CT molecular complexity index is 850. The molecule has 0 aliphatic rings. The molecule has 0 saturated carbocycles. The third-order valence-corrected chi connectivity index (χ3v) is 3.73. The van der Waals surface area contributed by atoms with Crippen LogP contribution in [0.1, 0.15) is 24.2 Å². The van der Waals surface area contributed by atoms with Gasteiger partial charge in [-0.1, -0.05) is 6.07 Å². The molecule has 0 amide bonds. The summed E-state index contributed by atoms with van der Waals surface area (Å²) in [4.78, 5) is 24.6. The number of halogens is 4. The van der Waals surface area contributed by atoms with E-state index < -0.39 is 30.9 Å². The Hall–Kier alpha value is -3.18. The van der Waals surface area contributed by atoms with E-state index in [1.165, 1.54) is 18.2 Å². The molecule has 0 atom stereocenters. The van der Waals surface area contributed by atoms with Crippen molar-refractivity contribution >= 4 is 23.6 Å². The summed E-state index contributed by atoms with van der Waals surface area (Å²) in [6.07, 6.45) is -3.90. The molecule has 0 radical (unpaired) electrons. The lowest BCUT2D eigenvalue weighted by Crippen LogP contribution is -2.34. The SMILES string of the molecule is CCN(CC)c1nc(Nc2cccc(C(=O)O)c2)nc(OCC(F)(F)C(F)F)n1. The monoisotopic (exact) mass is 417 g/mol. The average molecular weight is 417 g/mol. The van der Waals surface area contributed by atoms with Crippen molar-refractivity contribution in [3.05, 3.63) is 29.8 Å². The molecule has 8 nitrogen and oxygen atoms in total. The van der Waals surface area contributed by atoms with E-state index in [1.807, 2.05) is 13.8 Å². The van der Waals surface area contributed by atoms with Crippen molar-refractivity contribution in [3.63, 3.8) is 0 Å². The van der Waals surface area contributed by atoms with Crippen molar-refractivity contribution in [2.75, 3.05) is 29.9 Å². The number of hydrogen-bond donors (Lipinski definition) is 2. The van der Waals surface area contributed by atoms with Crippen LogP contribution < -0.4 is 15.0 Å². The third-order valence-electron chi connectivity index (χ3n) is 3.73. The fourth-order valence-electron chi connectivity index (χ4n) is 2.20. The molecule has 1 aromatic carbocycles. The first-order chi connectivity index (χ1) is 13.7. The zero-order chi connectivity index (χ0) is 21.6. The highest BCUT2D eigenvalue weighted by Crippen LogP contribution is 2.25. The van der Waals surface area contributed by atoms with E-state index in [2.05, 4.69) is 20.3 Å². The summed E-state index contributed by atoms with van der Waals surface area (Å²) < 4.78 is 55.7. The fourth-order valence-corrected chi connectivity index (χ4v) is 2.20. The van der Waals surface area contributed by atoms with Gasteiger partial charge in [0.05, 0.1) is 5.56 Å². The number of aromatic nitrogens is 3. The van der Waals surface area contributed by atoms with Gasteiger partial charge in [-0.05, 0) is 32.0 Å². The lowest BCUT2D eigenvalue weighted by molar-refractivity contribution is -0.149. The van der Waals surface area contributed by atoms with Crippen LogP contribution in [0.15, 0.2) is 24.3 Å². The number of hydrogen-bond acceptors (Lipinski definition) is 7. The van der Waals surface area contributed by atoms with Gasteiger partial charge < -0.3 is 20.1 Å². The Balaban J connectivity index is 2.34. The van der Waals surface area contributed by atoms with Gasteiger partial charge in [-0.25, -0.2) is 13.6 Å². The summed E-state index contributed by atoms with van der Waals surface area (Å²) in [7, 11) is 0. The molecule has 0 unspecified atom stereocenters. The standard InChI is InChI=1S/C17H19F4N5O3/c1-3-26(4-2)15-23-14(22-11-7-5-6-10(8-11)12(27)28)24-16(25-15)29-9-17(20,21)13(18)19/h5-8,13H,3-4,9H2,1-2H3,(H,27,28)(H,22,23,24,25). The molecule has 0 saturated heterocycles. The fraction of sp³-hybridized carbons (Fsp3) is 0.412. The largest absolute Gasteiger partial charge is 0.478 e. The summed E-state index contributed by atoms with van der Waals surface area (Å²) in [5, 5.41) is 11.8. The number of ether oxygens (including phenoxy) is 1. The maximum absolute atomic E-state index is 13.2. The Morgan fingerprint density at radius 3 is 2.52 bits per heavy atom. The number of alkyl halides is 4. The van der Waals surface area contributed by atoms with Crippen LogP contribution in [0.4, 0.5) is 35.1 Å². The van der Waals surface area contributed by atoms with Crippen molar-refractivity contribution in [2.24, 2.45) is 0 Å². The summed E-state index contributed by atoms with van der Waals surface area (Å²) >= 11 is 0. The highest BCUT2D eigenvalue weighted by atomic mass is 19.3. The van der Waals surface area contributed by atoms with E-state index in [0.29, 0.717) is 18.8 Å². The summed E-state index contributed by atoms with van der Waals surface area (Å²) in [6.45, 7) is 2.95. The molecule has 0 bridgehead atoms. The second-order valence-electron chi connectivity index (χ2n) is 5.78.